The zero-order chi connectivity index (χ0) is 15.6. The Labute approximate surface area is 128 Å². The number of carbonyl (C=O) groups excluding carboxylic acids is 1. The molecule has 0 saturated carbocycles. The molecule has 108 valence electrons. The number of hydrogen-bond donors (Lipinski definition) is 2. The van der Waals surface area contributed by atoms with E-state index in [0.29, 0.717) is 22.5 Å². The van der Waals surface area contributed by atoms with Gasteiger partial charge in [-0.3, -0.25) is 9.59 Å². The topological polar surface area (TPSA) is 75.9 Å². The van der Waals surface area contributed by atoms with E-state index in [4.69, 9.17) is 18.0 Å². The highest BCUT2D eigenvalue weighted by Crippen LogP contribution is 2.16. The van der Waals surface area contributed by atoms with Gasteiger partial charge in [0.1, 0.15) is 5.56 Å². The second kappa shape index (κ2) is 6.01. The van der Waals surface area contributed by atoms with Gasteiger partial charge in [0.15, 0.2) is 0 Å². The Morgan fingerprint density at radius 1 is 1.24 bits per heavy atom. The van der Waals surface area contributed by atoms with Gasteiger partial charge >= 0.3 is 0 Å². The van der Waals surface area contributed by atoms with Crippen LogP contribution in [-0.4, -0.2) is 15.8 Å². The molecule has 2 rings (SSSR count). The summed E-state index contributed by atoms with van der Waals surface area (Å²) in [7, 11) is 0. The number of benzene rings is 1. The standard InChI is InChI=1S/C16H16N2O2S/c1-3-13-11(8-12(15(17)19)16(20)18-13)14(21)10-6-4-9(2)5-7-10/h4-8H,3H2,1-2H3,(H2,17,19)(H,18,20). The van der Waals surface area contributed by atoms with Crippen LogP contribution in [0.4, 0.5) is 0 Å². The highest BCUT2D eigenvalue weighted by Gasteiger charge is 2.15. The molecular weight excluding hydrogens is 284 g/mol. The van der Waals surface area contributed by atoms with Crippen LogP contribution in [0, 0.1) is 6.92 Å². The van der Waals surface area contributed by atoms with Crippen LogP contribution < -0.4 is 11.3 Å². The molecule has 4 nitrogen and oxygen atoms in total. The number of H-pyrrole nitrogens is 1. The molecule has 0 atom stereocenters. The molecule has 1 aromatic carbocycles. The van der Waals surface area contributed by atoms with Crippen molar-refractivity contribution in [1.82, 2.24) is 4.98 Å². The monoisotopic (exact) mass is 300 g/mol. The number of amides is 1. The lowest BCUT2D eigenvalue weighted by atomic mass is 9.99. The lowest BCUT2D eigenvalue weighted by Crippen LogP contribution is -2.26. The average molecular weight is 300 g/mol. The van der Waals surface area contributed by atoms with Crippen LogP contribution in [0.5, 0.6) is 0 Å². The Bertz CT molecular complexity index is 761. The predicted molar refractivity (Wildman–Crippen MR) is 86.9 cm³/mol. The number of hydrogen-bond acceptors (Lipinski definition) is 3. The van der Waals surface area contributed by atoms with E-state index in [1.54, 1.807) is 0 Å². The van der Waals surface area contributed by atoms with Gasteiger partial charge in [0.05, 0.1) is 4.86 Å². The second-order valence-corrected chi connectivity index (χ2v) is 5.23. The quantitative estimate of drug-likeness (QED) is 0.670. The molecule has 0 unspecified atom stereocenters. The van der Waals surface area contributed by atoms with Crippen molar-refractivity contribution in [2.24, 2.45) is 5.73 Å². The fourth-order valence-electron chi connectivity index (χ4n) is 2.09. The minimum atomic E-state index is -0.758. The van der Waals surface area contributed by atoms with Gasteiger partial charge in [-0.25, -0.2) is 0 Å². The molecule has 21 heavy (non-hydrogen) atoms. The Morgan fingerprint density at radius 2 is 1.86 bits per heavy atom. The molecule has 0 spiro atoms. The summed E-state index contributed by atoms with van der Waals surface area (Å²) in [5, 5.41) is 0. The van der Waals surface area contributed by atoms with Crippen LogP contribution in [0.2, 0.25) is 0 Å². The minimum absolute atomic E-state index is 0.0725. The van der Waals surface area contributed by atoms with Crippen LogP contribution in [0.15, 0.2) is 35.1 Å². The van der Waals surface area contributed by atoms with Gasteiger partial charge < -0.3 is 10.7 Å². The number of nitrogens with two attached hydrogens (primary N) is 1. The van der Waals surface area contributed by atoms with Gasteiger partial charge in [-0.1, -0.05) is 49.0 Å². The molecule has 0 aliphatic heterocycles. The molecule has 0 aliphatic rings. The molecule has 3 N–H and O–H groups in total. The van der Waals surface area contributed by atoms with E-state index in [2.05, 4.69) is 4.98 Å². The van der Waals surface area contributed by atoms with Gasteiger partial charge in [-0.05, 0) is 25.0 Å². The number of aromatic amines is 1. The van der Waals surface area contributed by atoms with E-state index < -0.39 is 11.5 Å². The number of aryl methyl sites for hydroxylation is 2. The summed E-state index contributed by atoms with van der Waals surface area (Å²) in [5.74, 6) is -0.758. The number of nitrogens with one attached hydrogen (secondary N) is 1. The number of thiocarbonyl (C=S) groups is 1. The van der Waals surface area contributed by atoms with Crippen molar-refractivity contribution < 1.29 is 4.79 Å². The molecule has 1 amide bonds. The zero-order valence-corrected chi connectivity index (χ0v) is 12.7. The molecule has 0 radical (unpaired) electrons. The third kappa shape index (κ3) is 3.08. The fourth-order valence-corrected chi connectivity index (χ4v) is 2.41. The van der Waals surface area contributed by atoms with Crippen LogP contribution >= 0.6 is 12.2 Å². The van der Waals surface area contributed by atoms with E-state index in [-0.39, 0.29) is 5.56 Å². The number of pyridine rings is 1. The summed E-state index contributed by atoms with van der Waals surface area (Å²) in [6.45, 7) is 3.91. The molecule has 0 bridgehead atoms. The average Bonchev–Trinajstić information content (AvgIpc) is 2.46. The summed E-state index contributed by atoms with van der Waals surface area (Å²) < 4.78 is 0. The van der Waals surface area contributed by atoms with Gasteiger partial charge in [-0.15, -0.1) is 0 Å². The predicted octanol–water partition coefficient (Wildman–Crippen LogP) is 2.11. The van der Waals surface area contributed by atoms with Gasteiger partial charge in [0.2, 0.25) is 0 Å². The lowest BCUT2D eigenvalue weighted by molar-refractivity contribution is 0.0999. The van der Waals surface area contributed by atoms with Crippen molar-refractivity contribution in [2.45, 2.75) is 20.3 Å². The molecule has 1 heterocycles. The summed E-state index contributed by atoms with van der Waals surface area (Å²) in [5.41, 5.74) is 8.06. The lowest BCUT2D eigenvalue weighted by Gasteiger charge is -2.11. The first kappa shape index (κ1) is 15.1. The summed E-state index contributed by atoms with van der Waals surface area (Å²) in [4.78, 5) is 26.4. The summed E-state index contributed by atoms with van der Waals surface area (Å²) >= 11 is 5.50. The zero-order valence-electron chi connectivity index (χ0n) is 11.9. The van der Waals surface area contributed by atoms with Crippen molar-refractivity contribution in [3.05, 3.63) is 68.6 Å². The third-order valence-electron chi connectivity index (χ3n) is 3.30. The normalized spacial score (nSPS) is 10.4. The highest BCUT2D eigenvalue weighted by molar-refractivity contribution is 7.81. The van der Waals surface area contributed by atoms with Gasteiger partial charge in [0.25, 0.3) is 11.5 Å². The Hall–Kier alpha value is -2.27. The Morgan fingerprint density at radius 3 is 2.38 bits per heavy atom. The van der Waals surface area contributed by atoms with Crippen LogP contribution in [-0.2, 0) is 6.42 Å². The molecular formula is C16H16N2O2S. The van der Waals surface area contributed by atoms with Crippen LogP contribution in [0.3, 0.4) is 0 Å². The van der Waals surface area contributed by atoms with Crippen molar-refractivity contribution in [3.8, 4) is 0 Å². The summed E-state index contributed by atoms with van der Waals surface area (Å²) in [6, 6.07) is 9.27. The SMILES string of the molecule is CCc1[nH]c(=O)c(C(N)=O)cc1C(=S)c1ccc(C)cc1. The molecule has 5 heteroatoms. The number of aromatic nitrogens is 1. The maximum Gasteiger partial charge on any atom is 0.261 e. The number of carbonyl (C=O) groups is 1. The van der Waals surface area contributed by atoms with Crippen molar-refractivity contribution >= 4 is 23.0 Å². The van der Waals surface area contributed by atoms with E-state index in [1.165, 1.54) is 6.07 Å². The van der Waals surface area contributed by atoms with Crippen molar-refractivity contribution in [2.75, 3.05) is 0 Å². The molecule has 2 aromatic rings. The molecule has 0 aliphatic carbocycles. The second-order valence-electron chi connectivity index (χ2n) is 4.82. The van der Waals surface area contributed by atoms with Crippen molar-refractivity contribution in [3.63, 3.8) is 0 Å². The van der Waals surface area contributed by atoms with Crippen molar-refractivity contribution in [1.29, 1.82) is 0 Å². The maximum absolute atomic E-state index is 11.8. The Kier molecular flexibility index (Phi) is 4.33. The van der Waals surface area contributed by atoms with E-state index in [0.717, 1.165) is 11.1 Å². The first-order valence-electron chi connectivity index (χ1n) is 6.61. The first-order chi connectivity index (χ1) is 9.93. The van der Waals surface area contributed by atoms with Gasteiger partial charge in [-0.2, -0.15) is 0 Å². The third-order valence-corrected chi connectivity index (χ3v) is 3.76. The maximum atomic E-state index is 11.8. The van der Waals surface area contributed by atoms with E-state index in [1.807, 2.05) is 38.1 Å². The highest BCUT2D eigenvalue weighted by atomic mass is 32.1. The molecule has 1 aromatic heterocycles. The first-order valence-corrected chi connectivity index (χ1v) is 7.02. The Balaban J connectivity index is 2.58. The van der Waals surface area contributed by atoms with E-state index in [9.17, 15) is 9.59 Å². The van der Waals surface area contributed by atoms with E-state index >= 15 is 0 Å². The smallest absolute Gasteiger partial charge is 0.261 e. The molecule has 0 fully saturated rings. The number of primary amides is 1. The fraction of sp³-hybridized carbons (Fsp3) is 0.188. The van der Waals surface area contributed by atoms with Crippen LogP contribution in [0.1, 0.15) is 39.7 Å². The number of rotatable bonds is 4. The largest absolute Gasteiger partial charge is 0.365 e. The van der Waals surface area contributed by atoms with Gasteiger partial charge in [0, 0.05) is 11.3 Å². The summed E-state index contributed by atoms with van der Waals surface area (Å²) in [6.07, 6.45) is 0.607. The minimum Gasteiger partial charge on any atom is -0.365 e. The van der Waals surface area contributed by atoms with Crippen LogP contribution in [0.25, 0.3) is 0 Å². The molecule has 0 saturated heterocycles.